The quantitative estimate of drug-likeness (QED) is 0.384. The number of anilines is 2. The molecule has 0 fully saturated rings. The minimum atomic E-state index is -1.17. The summed E-state index contributed by atoms with van der Waals surface area (Å²) in [6.07, 6.45) is -1.17. The number of benzene rings is 3. The third kappa shape index (κ3) is 4.31. The molecule has 30 heavy (non-hydrogen) atoms. The number of amides is 2. The van der Waals surface area contributed by atoms with E-state index in [1.807, 2.05) is 24.3 Å². The zero-order valence-electron chi connectivity index (χ0n) is 16.4. The van der Waals surface area contributed by atoms with Crippen molar-refractivity contribution < 1.29 is 14.7 Å². The molecule has 0 bridgehead atoms. The maximum absolute atomic E-state index is 12.6. The Bertz CT molecular complexity index is 1240. The van der Waals surface area contributed by atoms with E-state index in [2.05, 4.69) is 47.7 Å². The van der Waals surface area contributed by atoms with Gasteiger partial charge in [-0.25, -0.2) is 9.78 Å². The highest BCUT2D eigenvalue weighted by atomic mass is 32.1. The molecule has 7 heteroatoms. The molecule has 1 aromatic heterocycles. The molecule has 0 unspecified atom stereocenters. The van der Waals surface area contributed by atoms with Crippen molar-refractivity contribution in [1.29, 1.82) is 0 Å². The third-order valence-electron chi connectivity index (χ3n) is 4.56. The SMILES string of the molecule is Cc1cc(C)cc(-c2ccc(NC(=O)c3ccc4nc(NC(=O)O)sc4c3)cc2)c1. The Balaban J connectivity index is 1.51. The molecular formula is C23H19N3O3S. The number of nitrogens with zero attached hydrogens (tertiary/aromatic N) is 1. The lowest BCUT2D eigenvalue weighted by Gasteiger charge is -2.08. The molecule has 0 aliphatic heterocycles. The van der Waals surface area contributed by atoms with Gasteiger partial charge in [-0.15, -0.1) is 0 Å². The molecule has 0 aliphatic carbocycles. The first-order chi connectivity index (χ1) is 14.4. The lowest BCUT2D eigenvalue weighted by atomic mass is 10.0. The predicted octanol–water partition coefficient (Wildman–Crippen LogP) is 5.92. The van der Waals surface area contributed by atoms with E-state index >= 15 is 0 Å². The molecule has 4 aromatic rings. The van der Waals surface area contributed by atoms with E-state index in [0.717, 1.165) is 15.8 Å². The van der Waals surface area contributed by atoms with E-state index in [4.69, 9.17) is 5.11 Å². The van der Waals surface area contributed by atoms with E-state index in [0.29, 0.717) is 16.8 Å². The molecule has 3 N–H and O–H groups in total. The van der Waals surface area contributed by atoms with Crippen LogP contribution in [0, 0.1) is 13.8 Å². The first kappa shape index (κ1) is 19.6. The summed E-state index contributed by atoms with van der Waals surface area (Å²) < 4.78 is 0.733. The number of fused-ring (bicyclic) bond motifs is 1. The predicted molar refractivity (Wildman–Crippen MR) is 121 cm³/mol. The Morgan fingerprint density at radius 2 is 1.57 bits per heavy atom. The summed E-state index contributed by atoms with van der Waals surface area (Å²) in [5.41, 5.74) is 6.47. The van der Waals surface area contributed by atoms with Gasteiger partial charge >= 0.3 is 6.09 Å². The third-order valence-corrected chi connectivity index (χ3v) is 5.50. The van der Waals surface area contributed by atoms with Gasteiger partial charge in [-0.2, -0.15) is 0 Å². The molecule has 2 amide bonds. The van der Waals surface area contributed by atoms with Crippen LogP contribution in [0.5, 0.6) is 0 Å². The van der Waals surface area contributed by atoms with Gasteiger partial charge in [0.2, 0.25) is 0 Å². The minimum Gasteiger partial charge on any atom is -0.465 e. The first-order valence-corrected chi connectivity index (χ1v) is 10.1. The number of aromatic nitrogens is 1. The molecule has 6 nitrogen and oxygen atoms in total. The summed E-state index contributed by atoms with van der Waals surface area (Å²) in [7, 11) is 0. The normalized spacial score (nSPS) is 10.7. The van der Waals surface area contributed by atoms with Gasteiger partial charge in [-0.1, -0.05) is 52.8 Å². The number of hydrogen-bond donors (Lipinski definition) is 3. The van der Waals surface area contributed by atoms with Crippen molar-refractivity contribution in [3.63, 3.8) is 0 Å². The Morgan fingerprint density at radius 3 is 2.23 bits per heavy atom. The molecule has 0 saturated heterocycles. The van der Waals surface area contributed by atoms with Crippen LogP contribution in [0.3, 0.4) is 0 Å². The average Bonchev–Trinajstić information content (AvgIpc) is 3.08. The zero-order chi connectivity index (χ0) is 21.3. The van der Waals surface area contributed by atoms with E-state index in [-0.39, 0.29) is 11.0 Å². The first-order valence-electron chi connectivity index (χ1n) is 9.28. The van der Waals surface area contributed by atoms with Gasteiger partial charge in [0, 0.05) is 11.3 Å². The lowest BCUT2D eigenvalue weighted by molar-refractivity contribution is 0.102. The van der Waals surface area contributed by atoms with Crippen molar-refractivity contribution in [3.8, 4) is 11.1 Å². The number of nitrogens with one attached hydrogen (secondary N) is 2. The van der Waals surface area contributed by atoms with Gasteiger partial charge in [-0.05, 0) is 55.3 Å². The fourth-order valence-corrected chi connectivity index (χ4v) is 4.20. The average molecular weight is 417 g/mol. The van der Waals surface area contributed by atoms with Crippen LogP contribution in [0.2, 0.25) is 0 Å². The summed E-state index contributed by atoms with van der Waals surface area (Å²) in [6, 6.07) is 19.2. The van der Waals surface area contributed by atoms with Crippen LogP contribution >= 0.6 is 11.3 Å². The van der Waals surface area contributed by atoms with Crippen LogP contribution < -0.4 is 10.6 Å². The maximum atomic E-state index is 12.6. The van der Waals surface area contributed by atoms with Crippen molar-refractivity contribution in [2.75, 3.05) is 10.6 Å². The molecule has 0 aliphatic rings. The monoisotopic (exact) mass is 417 g/mol. The number of aryl methyl sites for hydroxylation is 2. The van der Waals surface area contributed by atoms with Crippen LogP contribution in [0.1, 0.15) is 21.5 Å². The lowest BCUT2D eigenvalue weighted by Crippen LogP contribution is -2.11. The summed E-state index contributed by atoms with van der Waals surface area (Å²) in [5.74, 6) is -0.239. The zero-order valence-corrected chi connectivity index (χ0v) is 17.2. The Hall–Kier alpha value is -3.71. The number of carbonyl (C=O) groups is 2. The number of rotatable bonds is 4. The highest BCUT2D eigenvalue weighted by Gasteiger charge is 2.11. The number of carboxylic acid groups (broad SMARTS) is 1. The number of carbonyl (C=O) groups excluding carboxylic acids is 1. The van der Waals surface area contributed by atoms with Gasteiger partial charge < -0.3 is 10.4 Å². The van der Waals surface area contributed by atoms with Crippen molar-refractivity contribution in [2.24, 2.45) is 0 Å². The van der Waals surface area contributed by atoms with Crippen LogP contribution in [-0.4, -0.2) is 22.1 Å². The van der Waals surface area contributed by atoms with Gasteiger partial charge in [0.15, 0.2) is 5.13 Å². The van der Waals surface area contributed by atoms with Crippen molar-refractivity contribution >= 4 is 44.4 Å². The summed E-state index contributed by atoms with van der Waals surface area (Å²) in [5, 5.41) is 14.2. The Kier molecular flexibility index (Phi) is 5.20. The molecule has 4 rings (SSSR count). The van der Waals surface area contributed by atoms with Crippen LogP contribution in [0.25, 0.3) is 21.3 Å². The highest BCUT2D eigenvalue weighted by Crippen LogP contribution is 2.28. The van der Waals surface area contributed by atoms with E-state index in [1.165, 1.54) is 22.5 Å². The molecular weight excluding hydrogens is 398 g/mol. The molecule has 0 saturated carbocycles. The highest BCUT2D eigenvalue weighted by molar-refractivity contribution is 7.22. The van der Waals surface area contributed by atoms with Gasteiger partial charge in [0.25, 0.3) is 5.91 Å². The minimum absolute atomic E-state index is 0.239. The molecule has 0 atom stereocenters. The summed E-state index contributed by atoms with van der Waals surface area (Å²) in [6.45, 7) is 4.15. The number of thiazole rings is 1. The van der Waals surface area contributed by atoms with Crippen LogP contribution in [0.4, 0.5) is 15.6 Å². The molecule has 0 spiro atoms. The van der Waals surface area contributed by atoms with Gasteiger partial charge in [0.05, 0.1) is 10.2 Å². The van der Waals surface area contributed by atoms with Crippen LogP contribution in [-0.2, 0) is 0 Å². The van der Waals surface area contributed by atoms with E-state index in [9.17, 15) is 9.59 Å². The smallest absolute Gasteiger partial charge is 0.410 e. The van der Waals surface area contributed by atoms with E-state index < -0.39 is 6.09 Å². The standard InChI is InChI=1S/C23H19N3O3S/c1-13-9-14(2)11-17(10-13)15-3-6-18(7-4-15)24-21(27)16-5-8-19-20(12-16)30-22(25-19)26-23(28)29/h3-12H,1-2H3,(H,24,27)(H,25,26)(H,28,29). The molecule has 0 radical (unpaired) electrons. The van der Waals surface area contributed by atoms with Crippen molar-refractivity contribution in [1.82, 2.24) is 4.98 Å². The Labute approximate surface area is 177 Å². The largest absolute Gasteiger partial charge is 0.465 e. The second-order valence-electron chi connectivity index (χ2n) is 7.04. The maximum Gasteiger partial charge on any atom is 0.410 e. The fraction of sp³-hybridized carbons (Fsp3) is 0.0870. The Morgan fingerprint density at radius 1 is 0.867 bits per heavy atom. The second-order valence-corrected chi connectivity index (χ2v) is 8.07. The van der Waals surface area contributed by atoms with E-state index in [1.54, 1.807) is 18.2 Å². The summed E-state index contributed by atoms with van der Waals surface area (Å²) >= 11 is 1.18. The topological polar surface area (TPSA) is 91.3 Å². The molecule has 150 valence electrons. The molecule has 3 aromatic carbocycles. The van der Waals surface area contributed by atoms with Gasteiger partial charge in [0.1, 0.15) is 0 Å². The van der Waals surface area contributed by atoms with Crippen molar-refractivity contribution in [2.45, 2.75) is 13.8 Å². The fourth-order valence-electron chi connectivity index (χ4n) is 3.30. The van der Waals surface area contributed by atoms with Gasteiger partial charge in [-0.3, -0.25) is 10.1 Å². The second kappa shape index (κ2) is 7.96. The molecule has 1 heterocycles. The van der Waals surface area contributed by atoms with Crippen LogP contribution in [0.15, 0.2) is 60.7 Å². The number of hydrogen-bond acceptors (Lipinski definition) is 4. The van der Waals surface area contributed by atoms with Crippen molar-refractivity contribution in [3.05, 3.63) is 77.4 Å². The summed E-state index contributed by atoms with van der Waals surface area (Å²) in [4.78, 5) is 27.6.